The van der Waals surface area contributed by atoms with Crippen LogP contribution in [-0.2, 0) is 6.54 Å². The lowest BCUT2D eigenvalue weighted by Gasteiger charge is -2.32. The smallest absolute Gasteiger partial charge is 0.128 e. The first-order valence-electron chi connectivity index (χ1n) is 7.88. The lowest BCUT2D eigenvalue weighted by molar-refractivity contribution is 0.198. The minimum atomic E-state index is 0.607. The molecule has 5 heteroatoms. The second-order valence-corrected chi connectivity index (χ2v) is 7.34. The fraction of sp³-hybridized carbons (Fsp3) is 0.529. The molecule has 2 aromatic heterocycles. The number of likely N-dealkylation sites (tertiary alicyclic amines) is 1. The van der Waals surface area contributed by atoms with Crippen LogP contribution in [0.1, 0.15) is 35.0 Å². The largest absolute Gasteiger partial charge is 0.363 e. The Balaban J connectivity index is 1.68. The van der Waals surface area contributed by atoms with Crippen LogP contribution in [-0.4, -0.2) is 42.1 Å². The van der Waals surface area contributed by atoms with Gasteiger partial charge in [-0.25, -0.2) is 9.97 Å². The predicted molar refractivity (Wildman–Crippen MR) is 92.7 cm³/mol. The van der Waals surface area contributed by atoms with Crippen LogP contribution in [0.4, 0.5) is 5.82 Å². The van der Waals surface area contributed by atoms with Crippen LogP contribution in [0, 0.1) is 6.92 Å². The molecular formula is C17H24N4S. The Morgan fingerprint density at radius 2 is 2.27 bits per heavy atom. The zero-order valence-electron chi connectivity index (χ0n) is 13.6. The Morgan fingerprint density at radius 3 is 3.00 bits per heavy atom. The molecule has 0 aliphatic carbocycles. The first-order valence-corrected chi connectivity index (χ1v) is 8.76. The maximum absolute atomic E-state index is 4.60. The number of hydrogen-bond donors (Lipinski definition) is 0. The summed E-state index contributed by atoms with van der Waals surface area (Å²) in [5.74, 6) is 1.65. The number of thiazole rings is 1. The summed E-state index contributed by atoms with van der Waals surface area (Å²) in [4.78, 5) is 13.6. The number of pyridine rings is 1. The SMILES string of the molecule is Cc1nc(CN2CCC[C@H](c3ccnc(N(C)C)c3)C2)cs1. The number of hydrogen-bond acceptors (Lipinski definition) is 5. The highest BCUT2D eigenvalue weighted by atomic mass is 32.1. The molecule has 4 nitrogen and oxygen atoms in total. The van der Waals surface area contributed by atoms with Crippen molar-refractivity contribution in [1.82, 2.24) is 14.9 Å². The number of aryl methyl sites for hydroxylation is 1. The second kappa shape index (κ2) is 6.75. The minimum Gasteiger partial charge on any atom is -0.363 e. The number of nitrogens with zero attached hydrogens (tertiary/aromatic N) is 4. The average molecular weight is 316 g/mol. The molecule has 3 heterocycles. The summed E-state index contributed by atoms with van der Waals surface area (Å²) < 4.78 is 0. The summed E-state index contributed by atoms with van der Waals surface area (Å²) in [6.07, 6.45) is 4.46. The molecule has 0 amide bonds. The first-order chi connectivity index (χ1) is 10.6. The molecule has 0 spiro atoms. The van der Waals surface area contributed by atoms with Crippen LogP contribution in [0.3, 0.4) is 0 Å². The average Bonchev–Trinajstić information content (AvgIpc) is 2.93. The van der Waals surface area contributed by atoms with Crippen molar-refractivity contribution in [3.8, 4) is 0 Å². The van der Waals surface area contributed by atoms with Crippen molar-refractivity contribution in [2.24, 2.45) is 0 Å². The van der Waals surface area contributed by atoms with E-state index in [2.05, 4.69) is 44.2 Å². The molecule has 0 radical (unpaired) electrons. The molecule has 0 aromatic carbocycles. The minimum absolute atomic E-state index is 0.607. The Labute approximate surface area is 136 Å². The zero-order chi connectivity index (χ0) is 15.5. The van der Waals surface area contributed by atoms with Crippen molar-refractivity contribution in [3.63, 3.8) is 0 Å². The van der Waals surface area contributed by atoms with E-state index in [9.17, 15) is 0 Å². The van der Waals surface area contributed by atoms with Gasteiger partial charge in [-0.2, -0.15) is 0 Å². The van der Waals surface area contributed by atoms with E-state index in [1.165, 1.54) is 30.6 Å². The van der Waals surface area contributed by atoms with Gasteiger partial charge in [-0.05, 0) is 49.9 Å². The Kier molecular flexibility index (Phi) is 4.74. The van der Waals surface area contributed by atoms with Crippen LogP contribution in [0.15, 0.2) is 23.7 Å². The van der Waals surface area contributed by atoms with Crippen molar-refractivity contribution in [3.05, 3.63) is 40.0 Å². The third-order valence-electron chi connectivity index (χ3n) is 4.26. The highest BCUT2D eigenvalue weighted by Crippen LogP contribution is 2.29. The molecule has 22 heavy (non-hydrogen) atoms. The normalized spacial score (nSPS) is 19.3. The van der Waals surface area contributed by atoms with Crippen molar-refractivity contribution >= 4 is 17.2 Å². The van der Waals surface area contributed by atoms with Gasteiger partial charge in [0.1, 0.15) is 5.82 Å². The maximum Gasteiger partial charge on any atom is 0.128 e. The Bertz CT molecular complexity index is 623. The van der Waals surface area contributed by atoms with Gasteiger partial charge in [-0.3, -0.25) is 4.90 Å². The summed E-state index contributed by atoms with van der Waals surface area (Å²) >= 11 is 1.74. The third kappa shape index (κ3) is 3.65. The quantitative estimate of drug-likeness (QED) is 0.866. The summed E-state index contributed by atoms with van der Waals surface area (Å²) in [6.45, 7) is 5.35. The van der Waals surface area contributed by atoms with Gasteiger partial charge in [0.05, 0.1) is 10.7 Å². The molecule has 118 valence electrons. The van der Waals surface area contributed by atoms with Gasteiger partial charge in [-0.15, -0.1) is 11.3 Å². The van der Waals surface area contributed by atoms with Gasteiger partial charge in [0.2, 0.25) is 0 Å². The van der Waals surface area contributed by atoms with E-state index in [1.54, 1.807) is 11.3 Å². The van der Waals surface area contributed by atoms with E-state index in [1.807, 2.05) is 20.3 Å². The van der Waals surface area contributed by atoms with Crippen LogP contribution in [0.2, 0.25) is 0 Å². The van der Waals surface area contributed by atoms with Gasteiger partial charge in [0.25, 0.3) is 0 Å². The van der Waals surface area contributed by atoms with E-state index in [0.717, 1.165) is 23.9 Å². The molecule has 0 bridgehead atoms. The second-order valence-electron chi connectivity index (χ2n) is 6.27. The standard InChI is InChI=1S/C17H24N4S/c1-13-19-16(12-22-13)11-21-8-4-5-15(10-21)14-6-7-18-17(9-14)20(2)3/h6-7,9,12,15H,4-5,8,10-11H2,1-3H3/t15-/m0/s1. The number of piperidine rings is 1. The topological polar surface area (TPSA) is 32.3 Å². The van der Waals surface area contributed by atoms with Crippen molar-refractivity contribution in [1.29, 1.82) is 0 Å². The summed E-state index contributed by atoms with van der Waals surface area (Å²) in [5, 5.41) is 3.35. The van der Waals surface area contributed by atoms with Crippen LogP contribution in [0.25, 0.3) is 0 Å². The number of anilines is 1. The van der Waals surface area contributed by atoms with Crippen LogP contribution in [0.5, 0.6) is 0 Å². The molecular weight excluding hydrogens is 292 g/mol. The van der Waals surface area contributed by atoms with Crippen LogP contribution < -0.4 is 4.90 Å². The monoisotopic (exact) mass is 316 g/mol. The molecule has 1 fully saturated rings. The summed E-state index contributed by atoms with van der Waals surface area (Å²) in [7, 11) is 4.09. The lowest BCUT2D eigenvalue weighted by atomic mass is 9.91. The third-order valence-corrected chi connectivity index (χ3v) is 5.08. The number of rotatable bonds is 4. The molecule has 1 aliphatic rings. The molecule has 0 saturated carbocycles. The molecule has 0 N–H and O–H groups in total. The molecule has 1 saturated heterocycles. The molecule has 0 unspecified atom stereocenters. The summed E-state index contributed by atoms with van der Waals surface area (Å²) in [5.41, 5.74) is 2.63. The highest BCUT2D eigenvalue weighted by molar-refractivity contribution is 7.09. The maximum atomic E-state index is 4.60. The van der Waals surface area contributed by atoms with Gasteiger partial charge >= 0.3 is 0 Å². The van der Waals surface area contributed by atoms with E-state index >= 15 is 0 Å². The number of aromatic nitrogens is 2. The molecule has 3 rings (SSSR count). The predicted octanol–water partition coefficient (Wildman–Crippen LogP) is 3.29. The highest BCUT2D eigenvalue weighted by Gasteiger charge is 2.22. The summed E-state index contributed by atoms with van der Waals surface area (Å²) in [6, 6.07) is 4.41. The van der Waals surface area contributed by atoms with Crippen LogP contribution >= 0.6 is 11.3 Å². The fourth-order valence-corrected chi connectivity index (χ4v) is 3.72. The van der Waals surface area contributed by atoms with Gasteiger partial charge in [-0.1, -0.05) is 0 Å². The Morgan fingerprint density at radius 1 is 1.41 bits per heavy atom. The van der Waals surface area contributed by atoms with Crippen molar-refractivity contribution in [2.45, 2.75) is 32.2 Å². The van der Waals surface area contributed by atoms with E-state index < -0.39 is 0 Å². The van der Waals surface area contributed by atoms with Crippen molar-refractivity contribution in [2.75, 3.05) is 32.1 Å². The zero-order valence-corrected chi connectivity index (χ0v) is 14.4. The van der Waals surface area contributed by atoms with Crippen molar-refractivity contribution < 1.29 is 0 Å². The molecule has 1 atom stereocenters. The van der Waals surface area contributed by atoms with E-state index in [0.29, 0.717) is 5.92 Å². The van der Waals surface area contributed by atoms with E-state index in [4.69, 9.17) is 0 Å². The van der Waals surface area contributed by atoms with Gasteiger partial charge in [0, 0.05) is 38.8 Å². The van der Waals surface area contributed by atoms with E-state index in [-0.39, 0.29) is 0 Å². The molecule has 1 aliphatic heterocycles. The fourth-order valence-electron chi connectivity index (χ4n) is 3.11. The van der Waals surface area contributed by atoms with Gasteiger partial charge in [0.15, 0.2) is 0 Å². The Hall–Kier alpha value is -1.46. The van der Waals surface area contributed by atoms with Gasteiger partial charge < -0.3 is 4.90 Å². The first kappa shape index (κ1) is 15.4. The lowest BCUT2D eigenvalue weighted by Crippen LogP contribution is -2.34. The molecule has 2 aromatic rings.